The molecule has 1 heterocycles. The van der Waals surface area contributed by atoms with Crippen molar-refractivity contribution in [1.29, 1.82) is 5.26 Å². The molecule has 2 atom stereocenters. The second-order valence-electron chi connectivity index (χ2n) is 7.53. The van der Waals surface area contributed by atoms with Crippen molar-refractivity contribution < 1.29 is 19.1 Å². The van der Waals surface area contributed by atoms with Crippen molar-refractivity contribution >= 4 is 51.2 Å². The number of nitriles is 1. The molecule has 0 saturated heterocycles. The number of rotatable bonds is 6. The minimum atomic E-state index is -1.22. The Hall–Kier alpha value is -3.09. The number of ether oxygens (including phenoxy) is 1. The lowest BCUT2D eigenvalue weighted by Gasteiger charge is -2.31. The maximum Gasteiger partial charge on any atom is 0.319 e. The first-order valence-electron chi connectivity index (χ1n) is 10.0. The summed E-state index contributed by atoms with van der Waals surface area (Å²) in [6, 6.07) is 14.9. The standard InChI is InChI=1S/C24H22BrN3O4S/c1-13-7-8-18(14(2)9-13)27-19(29)12-33-23-17(11-26)20(15-5-4-6-16(25)10-15)21(22(30)28-23)24(31)32-3/h4-10,20-21H,12H2,1-3H3,(H,27,29)(H,28,30)/t20-,21+/m0/s1. The lowest BCUT2D eigenvalue weighted by atomic mass is 9.78. The Morgan fingerprint density at radius 1 is 1.24 bits per heavy atom. The zero-order chi connectivity index (χ0) is 24.1. The molecule has 0 fully saturated rings. The first kappa shape index (κ1) is 24.6. The van der Waals surface area contributed by atoms with Crippen molar-refractivity contribution in [1.82, 2.24) is 5.32 Å². The molecular weight excluding hydrogens is 506 g/mol. The van der Waals surface area contributed by atoms with Crippen LogP contribution in [0.2, 0.25) is 0 Å². The number of benzene rings is 2. The molecule has 33 heavy (non-hydrogen) atoms. The molecule has 2 aromatic carbocycles. The summed E-state index contributed by atoms with van der Waals surface area (Å²) >= 11 is 4.44. The van der Waals surface area contributed by atoms with E-state index in [2.05, 4.69) is 32.6 Å². The third kappa shape index (κ3) is 5.64. The van der Waals surface area contributed by atoms with Crippen LogP contribution in [0.5, 0.6) is 0 Å². The Balaban J connectivity index is 1.89. The number of halogens is 1. The lowest BCUT2D eigenvalue weighted by molar-refractivity contribution is -0.150. The summed E-state index contributed by atoms with van der Waals surface area (Å²) in [4.78, 5) is 37.9. The first-order chi connectivity index (χ1) is 15.7. The van der Waals surface area contributed by atoms with Crippen LogP contribution in [-0.2, 0) is 19.1 Å². The van der Waals surface area contributed by atoms with Gasteiger partial charge in [-0.2, -0.15) is 5.26 Å². The van der Waals surface area contributed by atoms with Crippen LogP contribution in [0.25, 0.3) is 0 Å². The van der Waals surface area contributed by atoms with E-state index in [9.17, 15) is 19.6 Å². The number of allylic oxidation sites excluding steroid dienone is 1. The number of methoxy groups -OCH3 is 1. The van der Waals surface area contributed by atoms with Gasteiger partial charge in [0, 0.05) is 16.1 Å². The van der Waals surface area contributed by atoms with Crippen molar-refractivity contribution in [2.45, 2.75) is 19.8 Å². The number of hydrogen-bond acceptors (Lipinski definition) is 6. The fourth-order valence-electron chi connectivity index (χ4n) is 3.66. The highest BCUT2D eigenvalue weighted by molar-refractivity contribution is 9.10. The smallest absolute Gasteiger partial charge is 0.319 e. The van der Waals surface area contributed by atoms with Crippen LogP contribution < -0.4 is 10.6 Å². The number of carbonyl (C=O) groups is 3. The number of anilines is 1. The Bertz CT molecular complexity index is 1190. The zero-order valence-electron chi connectivity index (χ0n) is 18.3. The molecule has 0 spiro atoms. The van der Waals surface area contributed by atoms with E-state index in [4.69, 9.17) is 4.74 Å². The van der Waals surface area contributed by atoms with Gasteiger partial charge in [-0.3, -0.25) is 14.4 Å². The van der Waals surface area contributed by atoms with Crippen LogP contribution >= 0.6 is 27.7 Å². The van der Waals surface area contributed by atoms with Gasteiger partial charge in [-0.05, 0) is 43.2 Å². The molecule has 0 aromatic heterocycles. The van der Waals surface area contributed by atoms with Gasteiger partial charge in [-0.1, -0.05) is 57.5 Å². The van der Waals surface area contributed by atoms with Gasteiger partial charge in [-0.15, -0.1) is 0 Å². The van der Waals surface area contributed by atoms with Crippen molar-refractivity contribution in [2.24, 2.45) is 5.92 Å². The molecule has 0 saturated carbocycles. The maximum atomic E-state index is 12.9. The molecule has 3 rings (SSSR count). The minimum Gasteiger partial charge on any atom is -0.468 e. The molecule has 1 aliphatic heterocycles. The largest absolute Gasteiger partial charge is 0.468 e. The molecule has 0 unspecified atom stereocenters. The monoisotopic (exact) mass is 527 g/mol. The molecule has 1 aliphatic rings. The number of thioether (sulfide) groups is 1. The molecule has 2 aromatic rings. The van der Waals surface area contributed by atoms with E-state index in [1.807, 2.05) is 38.1 Å². The summed E-state index contributed by atoms with van der Waals surface area (Å²) in [5.74, 6) is -3.67. The number of aryl methyl sites for hydroxylation is 2. The quantitative estimate of drug-likeness (QED) is 0.431. The van der Waals surface area contributed by atoms with Crippen LogP contribution in [0.3, 0.4) is 0 Å². The molecule has 0 aliphatic carbocycles. The van der Waals surface area contributed by atoms with Crippen molar-refractivity contribution in [3.8, 4) is 6.07 Å². The summed E-state index contributed by atoms with van der Waals surface area (Å²) in [6.45, 7) is 3.88. The Labute approximate surface area is 204 Å². The lowest BCUT2D eigenvalue weighted by Crippen LogP contribution is -2.44. The molecule has 7 nitrogen and oxygen atoms in total. The second-order valence-corrected chi connectivity index (χ2v) is 9.43. The first-order valence-corrected chi connectivity index (χ1v) is 11.8. The molecule has 2 N–H and O–H groups in total. The van der Waals surface area contributed by atoms with Crippen LogP contribution in [0.4, 0.5) is 5.69 Å². The third-order valence-corrected chi connectivity index (χ3v) is 6.71. The van der Waals surface area contributed by atoms with Gasteiger partial charge >= 0.3 is 5.97 Å². The van der Waals surface area contributed by atoms with Crippen molar-refractivity contribution in [2.75, 3.05) is 18.2 Å². The van der Waals surface area contributed by atoms with Gasteiger partial charge < -0.3 is 15.4 Å². The van der Waals surface area contributed by atoms with Crippen LogP contribution in [0, 0.1) is 31.1 Å². The highest BCUT2D eigenvalue weighted by Crippen LogP contribution is 2.40. The SMILES string of the molecule is COC(=O)[C@H]1C(=O)NC(SCC(=O)Nc2ccc(C)cc2C)=C(C#N)[C@@H]1c1cccc(Br)c1. The Kier molecular flexibility index (Phi) is 7.95. The van der Waals surface area contributed by atoms with Crippen LogP contribution in [0.15, 0.2) is 57.5 Å². The Morgan fingerprint density at radius 3 is 2.64 bits per heavy atom. The maximum absolute atomic E-state index is 12.9. The van der Waals surface area contributed by atoms with Crippen molar-refractivity contribution in [3.63, 3.8) is 0 Å². The summed E-state index contributed by atoms with van der Waals surface area (Å²) < 4.78 is 5.58. The molecular formula is C24H22BrN3O4S. The van der Waals surface area contributed by atoms with Gasteiger partial charge in [0.25, 0.3) is 0 Å². The fraction of sp³-hybridized carbons (Fsp3) is 0.250. The molecule has 2 amide bonds. The van der Waals surface area contributed by atoms with E-state index in [1.165, 1.54) is 7.11 Å². The topological polar surface area (TPSA) is 108 Å². The average Bonchev–Trinajstić information content (AvgIpc) is 2.78. The third-order valence-electron chi connectivity index (χ3n) is 5.20. The van der Waals surface area contributed by atoms with Gasteiger partial charge in [0.1, 0.15) is 5.92 Å². The van der Waals surface area contributed by atoms with Crippen LogP contribution in [-0.4, -0.2) is 30.6 Å². The van der Waals surface area contributed by atoms with Gasteiger partial charge in [-0.25, -0.2) is 0 Å². The summed E-state index contributed by atoms with van der Waals surface area (Å²) in [6.07, 6.45) is 0. The molecule has 170 valence electrons. The van der Waals surface area contributed by atoms with E-state index in [-0.39, 0.29) is 22.3 Å². The predicted molar refractivity (Wildman–Crippen MR) is 130 cm³/mol. The highest BCUT2D eigenvalue weighted by atomic mass is 79.9. The fourth-order valence-corrected chi connectivity index (χ4v) is 4.92. The number of nitrogens with zero attached hydrogens (tertiary/aromatic N) is 1. The number of nitrogens with one attached hydrogen (secondary N) is 2. The Morgan fingerprint density at radius 2 is 2.00 bits per heavy atom. The second kappa shape index (κ2) is 10.7. The minimum absolute atomic E-state index is 0.0256. The summed E-state index contributed by atoms with van der Waals surface area (Å²) in [5.41, 5.74) is 3.54. The van der Waals surface area contributed by atoms with E-state index in [0.717, 1.165) is 27.4 Å². The van der Waals surface area contributed by atoms with Crippen molar-refractivity contribution in [3.05, 3.63) is 74.2 Å². The molecule has 0 bridgehead atoms. The van der Waals surface area contributed by atoms with Gasteiger partial charge in [0.2, 0.25) is 11.8 Å². The molecule has 9 heteroatoms. The van der Waals surface area contributed by atoms with Gasteiger partial charge in [0.05, 0.1) is 29.5 Å². The van der Waals surface area contributed by atoms with E-state index in [0.29, 0.717) is 11.3 Å². The average molecular weight is 528 g/mol. The van der Waals surface area contributed by atoms with E-state index in [1.54, 1.807) is 18.2 Å². The van der Waals surface area contributed by atoms with E-state index < -0.39 is 23.7 Å². The molecule has 0 radical (unpaired) electrons. The van der Waals surface area contributed by atoms with Gasteiger partial charge in [0.15, 0.2) is 0 Å². The number of amides is 2. The highest BCUT2D eigenvalue weighted by Gasteiger charge is 2.44. The number of esters is 1. The normalized spacial score (nSPS) is 17.7. The van der Waals surface area contributed by atoms with E-state index >= 15 is 0 Å². The predicted octanol–water partition coefficient (Wildman–Crippen LogP) is 4.18. The number of carbonyl (C=O) groups excluding carboxylic acids is 3. The zero-order valence-corrected chi connectivity index (χ0v) is 20.7. The van der Waals surface area contributed by atoms with Crippen LogP contribution in [0.1, 0.15) is 22.6 Å². The summed E-state index contributed by atoms with van der Waals surface area (Å²) in [7, 11) is 1.20. The summed E-state index contributed by atoms with van der Waals surface area (Å²) in [5, 5.41) is 15.7. The number of hydrogen-bond donors (Lipinski definition) is 2.